The molecule has 1 N–H and O–H groups in total. The zero-order valence-corrected chi connectivity index (χ0v) is 18.2. The number of fused-ring (bicyclic) bond motifs is 2. The Kier molecular flexibility index (Phi) is 5.84. The fourth-order valence-corrected chi connectivity index (χ4v) is 5.26. The normalized spacial score (nSPS) is 26.3. The Hall–Kier alpha value is -2.38. The molecule has 0 radical (unpaired) electrons. The molecule has 0 amide bonds. The Labute approximate surface area is 178 Å². The maximum absolute atomic E-state index is 12.0. The average Bonchev–Trinajstić information content (AvgIpc) is 2.74. The summed E-state index contributed by atoms with van der Waals surface area (Å²) in [5.41, 5.74) is 2.09. The standard InChI is InChI=1S/C23H31N3O4/c1-15-8-9-20(28-2)16(10-15)12-26-13-17-6-5-7-18(14-26)23(17,27)19-11-24-22(30-4)25-21(19)29-3/h8-11,17-18,27H,5-7,12-14H2,1-4H3. The minimum atomic E-state index is -0.997. The topological polar surface area (TPSA) is 76.9 Å². The Morgan fingerprint density at radius 1 is 1.10 bits per heavy atom. The number of benzene rings is 1. The van der Waals surface area contributed by atoms with Gasteiger partial charge in [-0.05, 0) is 25.8 Å². The number of hydrogen-bond donors (Lipinski definition) is 1. The zero-order valence-electron chi connectivity index (χ0n) is 18.2. The Bertz CT molecular complexity index is 890. The number of aromatic nitrogens is 2. The lowest BCUT2D eigenvalue weighted by atomic mass is 9.63. The summed E-state index contributed by atoms with van der Waals surface area (Å²) in [4.78, 5) is 11.0. The van der Waals surface area contributed by atoms with Gasteiger partial charge < -0.3 is 19.3 Å². The summed E-state index contributed by atoms with van der Waals surface area (Å²) in [6.45, 7) is 4.52. The molecule has 1 aliphatic heterocycles. The Morgan fingerprint density at radius 3 is 2.47 bits per heavy atom. The molecule has 1 aliphatic carbocycles. The smallest absolute Gasteiger partial charge is 0.319 e. The third kappa shape index (κ3) is 3.61. The fraction of sp³-hybridized carbons (Fsp3) is 0.565. The van der Waals surface area contributed by atoms with Crippen LogP contribution in [-0.2, 0) is 12.1 Å². The molecular weight excluding hydrogens is 382 g/mol. The van der Waals surface area contributed by atoms with E-state index in [1.807, 2.05) is 6.07 Å². The monoisotopic (exact) mass is 413 g/mol. The van der Waals surface area contributed by atoms with E-state index in [1.54, 1.807) is 20.4 Å². The molecule has 1 aromatic heterocycles. The molecular formula is C23H31N3O4. The third-order valence-corrected chi connectivity index (χ3v) is 6.68. The van der Waals surface area contributed by atoms with Crippen molar-refractivity contribution in [1.29, 1.82) is 0 Å². The van der Waals surface area contributed by atoms with Crippen molar-refractivity contribution in [2.45, 2.75) is 38.3 Å². The van der Waals surface area contributed by atoms with Crippen LogP contribution in [0.2, 0.25) is 0 Å². The quantitative estimate of drug-likeness (QED) is 0.780. The van der Waals surface area contributed by atoms with Gasteiger partial charge in [0.1, 0.15) is 11.4 Å². The summed E-state index contributed by atoms with van der Waals surface area (Å²) in [6.07, 6.45) is 4.72. The van der Waals surface area contributed by atoms with E-state index < -0.39 is 5.60 Å². The Morgan fingerprint density at radius 2 is 1.83 bits per heavy atom. The third-order valence-electron chi connectivity index (χ3n) is 6.68. The maximum Gasteiger partial charge on any atom is 0.319 e. The molecule has 2 unspecified atom stereocenters. The zero-order chi connectivity index (χ0) is 21.3. The minimum Gasteiger partial charge on any atom is -0.496 e. The predicted molar refractivity (Wildman–Crippen MR) is 113 cm³/mol. The highest BCUT2D eigenvalue weighted by Crippen LogP contribution is 2.51. The molecule has 2 fully saturated rings. The summed E-state index contributed by atoms with van der Waals surface area (Å²) >= 11 is 0. The molecule has 1 aromatic carbocycles. The molecule has 7 nitrogen and oxygen atoms in total. The van der Waals surface area contributed by atoms with Crippen LogP contribution in [0.25, 0.3) is 0 Å². The second-order valence-electron chi connectivity index (χ2n) is 8.44. The highest BCUT2D eigenvalue weighted by Gasteiger charge is 2.53. The molecule has 162 valence electrons. The van der Waals surface area contributed by atoms with Crippen LogP contribution in [0.3, 0.4) is 0 Å². The molecule has 1 saturated carbocycles. The van der Waals surface area contributed by atoms with E-state index in [9.17, 15) is 5.11 Å². The lowest BCUT2D eigenvalue weighted by molar-refractivity contribution is -0.149. The second-order valence-corrected chi connectivity index (χ2v) is 8.44. The van der Waals surface area contributed by atoms with E-state index in [2.05, 4.69) is 33.9 Å². The van der Waals surface area contributed by atoms with E-state index in [0.29, 0.717) is 11.4 Å². The minimum absolute atomic E-state index is 0.0895. The molecule has 30 heavy (non-hydrogen) atoms. The van der Waals surface area contributed by atoms with Crippen LogP contribution in [0, 0.1) is 18.8 Å². The molecule has 0 spiro atoms. The molecule has 2 heterocycles. The summed E-state index contributed by atoms with van der Waals surface area (Å²) in [5.74, 6) is 1.49. The summed E-state index contributed by atoms with van der Waals surface area (Å²) in [6, 6.07) is 6.54. The van der Waals surface area contributed by atoms with Gasteiger partial charge in [-0.1, -0.05) is 24.1 Å². The predicted octanol–water partition coefficient (Wildman–Crippen LogP) is 2.93. The van der Waals surface area contributed by atoms with Crippen LogP contribution >= 0.6 is 0 Å². The van der Waals surface area contributed by atoms with Crippen molar-refractivity contribution in [1.82, 2.24) is 14.9 Å². The largest absolute Gasteiger partial charge is 0.496 e. The molecule has 1 saturated heterocycles. The van der Waals surface area contributed by atoms with Gasteiger partial charge in [-0.2, -0.15) is 4.98 Å². The number of aryl methyl sites for hydroxylation is 1. The van der Waals surface area contributed by atoms with E-state index in [1.165, 1.54) is 18.2 Å². The number of likely N-dealkylation sites (tertiary alicyclic amines) is 1. The number of hydrogen-bond acceptors (Lipinski definition) is 7. The van der Waals surface area contributed by atoms with Crippen LogP contribution in [0.4, 0.5) is 0 Å². The van der Waals surface area contributed by atoms with E-state index in [0.717, 1.165) is 44.6 Å². The van der Waals surface area contributed by atoms with Gasteiger partial charge in [-0.15, -0.1) is 0 Å². The number of piperidine rings is 1. The van der Waals surface area contributed by atoms with Crippen LogP contribution < -0.4 is 14.2 Å². The van der Waals surface area contributed by atoms with Crippen molar-refractivity contribution in [2.24, 2.45) is 11.8 Å². The SMILES string of the molecule is COc1ncc(C2(O)C3CCCC2CN(Cc2cc(C)ccc2OC)C3)c(OC)n1. The molecule has 2 aromatic rings. The van der Waals surface area contributed by atoms with Crippen molar-refractivity contribution in [3.63, 3.8) is 0 Å². The second kappa shape index (κ2) is 8.40. The van der Waals surface area contributed by atoms with Crippen molar-refractivity contribution in [3.8, 4) is 17.6 Å². The maximum atomic E-state index is 12.0. The highest BCUT2D eigenvalue weighted by atomic mass is 16.5. The fourth-order valence-electron chi connectivity index (χ4n) is 5.26. The van der Waals surface area contributed by atoms with Gasteiger partial charge in [0, 0.05) is 43.2 Å². The van der Waals surface area contributed by atoms with Crippen molar-refractivity contribution >= 4 is 0 Å². The lowest BCUT2D eigenvalue weighted by Gasteiger charge is -2.53. The van der Waals surface area contributed by atoms with E-state index >= 15 is 0 Å². The van der Waals surface area contributed by atoms with Gasteiger partial charge in [0.25, 0.3) is 0 Å². The summed E-state index contributed by atoms with van der Waals surface area (Å²) in [7, 11) is 4.81. The molecule has 7 heteroatoms. The Balaban J connectivity index is 1.62. The van der Waals surface area contributed by atoms with Gasteiger partial charge >= 0.3 is 6.01 Å². The molecule has 2 aliphatic rings. The van der Waals surface area contributed by atoms with Crippen molar-refractivity contribution in [2.75, 3.05) is 34.4 Å². The number of rotatable bonds is 6. The van der Waals surface area contributed by atoms with Crippen LogP contribution in [0.5, 0.6) is 17.6 Å². The first-order chi connectivity index (χ1) is 14.5. The van der Waals surface area contributed by atoms with Crippen LogP contribution in [0.1, 0.15) is 36.0 Å². The van der Waals surface area contributed by atoms with Crippen molar-refractivity contribution in [3.05, 3.63) is 41.1 Å². The summed E-state index contributed by atoms with van der Waals surface area (Å²) < 4.78 is 16.2. The lowest BCUT2D eigenvalue weighted by Crippen LogP contribution is -2.58. The summed E-state index contributed by atoms with van der Waals surface area (Å²) in [5, 5.41) is 12.0. The van der Waals surface area contributed by atoms with Crippen LogP contribution in [0.15, 0.2) is 24.4 Å². The molecule has 4 rings (SSSR count). The van der Waals surface area contributed by atoms with Gasteiger partial charge in [-0.25, -0.2) is 4.98 Å². The number of ether oxygens (including phenoxy) is 3. The number of nitrogens with zero attached hydrogens (tertiary/aromatic N) is 3. The first-order valence-electron chi connectivity index (χ1n) is 10.5. The number of methoxy groups -OCH3 is 3. The first-order valence-corrected chi connectivity index (χ1v) is 10.5. The van der Waals surface area contributed by atoms with Crippen molar-refractivity contribution < 1.29 is 19.3 Å². The molecule has 2 atom stereocenters. The average molecular weight is 414 g/mol. The van der Waals surface area contributed by atoms with E-state index in [4.69, 9.17) is 14.2 Å². The van der Waals surface area contributed by atoms with Gasteiger partial charge in [0.2, 0.25) is 5.88 Å². The molecule has 2 bridgehead atoms. The van der Waals surface area contributed by atoms with E-state index in [-0.39, 0.29) is 17.8 Å². The van der Waals surface area contributed by atoms with Crippen LogP contribution in [-0.4, -0.2) is 54.4 Å². The number of aliphatic hydroxyl groups is 1. The van der Waals surface area contributed by atoms with Gasteiger partial charge in [-0.3, -0.25) is 4.90 Å². The highest BCUT2D eigenvalue weighted by molar-refractivity contribution is 5.37. The van der Waals surface area contributed by atoms with Gasteiger partial charge in [0.05, 0.1) is 26.9 Å². The van der Waals surface area contributed by atoms with Gasteiger partial charge in [0.15, 0.2) is 0 Å². The first kappa shape index (κ1) is 20.9.